The standard InChI is InChI=1S/C14H27N3O2/c1-7-18-14(5,6)12-16-11(19-17-12)10(9-15)8-13(2,3)4/h10H,7-9,15H2,1-6H3. The van der Waals surface area contributed by atoms with Crippen molar-refractivity contribution in [2.45, 2.75) is 59.5 Å². The SMILES string of the molecule is CCOC(C)(C)c1noc(C(CN)CC(C)(C)C)n1. The lowest BCUT2D eigenvalue weighted by Crippen LogP contribution is -2.24. The predicted molar refractivity (Wildman–Crippen MR) is 74.8 cm³/mol. The second kappa shape index (κ2) is 6.01. The number of ether oxygens (including phenoxy) is 1. The average Bonchev–Trinajstić information content (AvgIpc) is 2.74. The van der Waals surface area contributed by atoms with Gasteiger partial charge in [0.15, 0.2) is 0 Å². The van der Waals surface area contributed by atoms with Crippen LogP contribution in [0.15, 0.2) is 4.52 Å². The average molecular weight is 269 g/mol. The van der Waals surface area contributed by atoms with E-state index in [-0.39, 0.29) is 11.3 Å². The molecule has 1 aromatic rings. The molecule has 1 aromatic heterocycles. The Morgan fingerprint density at radius 3 is 2.37 bits per heavy atom. The van der Waals surface area contributed by atoms with Crippen LogP contribution in [0, 0.1) is 5.41 Å². The van der Waals surface area contributed by atoms with Crippen molar-refractivity contribution in [1.82, 2.24) is 10.1 Å². The van der Waals surface area contributed by atoms with Crippen LogP contribution in [-0.4, -0.2) is 23.3 Å². The second-order valence-electron chi connectivity index (χ2n) is 6.60. The van der Waals surface area contributed by atoms with Gasteiger partial charge in [0.1, 0.15) is 5.60 Å². The van der Waals surface area contributed by atoms with Crippen LogP contribution >= 0.6 is 0 Å². The highest BCUT2D eigenvalue weighted by Crippen LogP contribution is 2.31. The summed E-state index contributed by atoms with van der Waals surface area (Å²) >= 11 is 0. The maximum Gasteiger partial charge on any atom is 0.231 e. The molecule has 0 aliphatic rings. The molecular weight excluding hydrogens is 242 g/mol. The zero-order valence-corrected chi connectivity index (χ0v) is 13.0. The molecule has 1 heterocycles. The molecule has 0 saturated carbocycles. The molecule has 0 amide bonds. The van der Waals surface area contributed by atoms with Gasteiger partial charge in [-0.05, 0) is 32.6 Å². The maximum atomic E-state index is 5.83. The van der Waals surface area contributed by atoms with Crippen LogP contribution in [0.3, 0.4) is 0 Å². The first kappa shape index (κ1) is 16.1. The second-order valence-corrected chi connectivity index (χ2v) is 6.60. The van der Waals surface area contributed by atoms with E-state index in [1.54, 1.807) is 0 Å². The van der Waals surface area contributed by atoms with Gasteiger partial charge in [-0.15, -0.1) is 0 Å². The lowest BCUT2D eigenvalue weighted by molar-refractivity contribution is -0.0221. The van der Waals surface area contributed by atoms with E-state index in [1.807, 2.05) is 20.8 Å². The van der Waals surface area contributed by atoms with Gasteiger partial charge in [0.05, 0.1) is 5.92 Å². The number of nitrogens with zero attached hydrogens (tertiary/aromatic N) is 2. The Bertz CT molecular complexity index is 394. The molecule has 1 atom stereocenters. The highest BCUT2D eigenvalue weighted by molar-refractivity contribution is 5.02. The molecule has 0 spiro atoms. The summed E-state index contributed by atoms with van der Waals surface area (Å²) in [6, 6.07) is 0. The third-order valence-electron chi connectivity index (χ3n) is 2.98. The van der Waals surface area contributed by atoms with E-state index in [2.05, 4.69) is 30.9 Å². The number of hydrogen-bond acceptors (Lipinski definition) is 5. The summed E-state index contributed by atoms with van der Waals surface area (Å²) in [4.78, 5) is 4.47. The van der Waals surface area contributed by atoms with Crippen molar-refractivity contribution in [3.63, 3.8) is 0 Å². The van der Waals surface area contributed by atoms with Crippen molar-refractivity contribution in [2.24, 2.45) is 11.1 Å². The van der Waals surface area contributed by atoms with Crippen LogP contribution in [0.5, 0.6) is 0 Å². The van der Waals surface area contributed by atoms with Gasteiger partial charge < -0.3 is 15.0 Å². The largest absolute Gasteiger partial charge is 0.368 e. The molecule has 110 valence electrons. The minimum atomic E-state index is -0.530. The first-order chi connectivity index (χ1) is 8.69. The Labute approximate surface area is 115 Å². The molecule has 2 N–H and O–H groups in total. The first-order valence-electron chi connectivity index (χ1n) is 6.87. The van der Waals surface area contributed by atoms with Crippen LogP contribution in [-0.2, 0) is 10.3 Å². The van der Waals surface area contributed by atoms with Crippen LogP contribution < -0.4 is 5.73 Å². The van der Waals surface area contributed by atoms with Gasteiger partial charge in [-0.25, -0.2) is 0 Å². The molecular formula is C14H27N3O2. The number of rotatable bonds is 6. The summed E-state index contributed by atoms with van der Waals surface area (Å²) in [7, 11) is 0. The molecule has 1 unspecified atom stereocenters. The summed E-state index contributed by atoms with van der Waals surface area (Å²) in [5.41, 5.74) is 5.47. The van der Waals surface area contributed by atoms with Gasteiger partial charge >= 0.3 is 0 Å². The summed E-state index contributed by atoms with van der Waals surface area (Å²) in [5.74, 6) is 1.29. The van der Waals surface area contributed by atoms with Gasteiger partial charge in [0.25, 0.3) is 0 Å². The van der Waals surface area contributed by atoms with Crippen molar-refractivity contribution >= 4 is 0 Å². The molecule has 0 aliphatic carbocycles. The molecule has 19 heavy (non-hydrogen) atoms. The maximum absolute atomic E-state index is 5.83. The monoisotopic (exact) mass is 269 g/mol. The normalized spacial score (nSPS) is 14.7. The number of aromatic nitrogens is 2. The van der Waals surface area contributed by atoms with Crippen LogP contribution in [0.25, 0.3) is 0 Å². The van der Waals surface area contributed by atoms with Gasteiger partial charge in [-0.1, -0.05) is 25.9 Å². The molecule has 5 nitrogen and oxygen atoms in total. The first-order valence-corrected chi connectivity index (χ1v) is 6.87. The topological polar surface area (TPSA) is 74.2 Å². The fourth-order valence-corrected chi connectivity index (χ4v) is 2.08. The summed E-state index contributed by atoms with van der Waals surface area (Å²) in [6.45, 7) is 13.5. The molecule has 1 rings (SSSR count). The van der Waals surface area contributed by atoms with E-state index in [0.29, 0.717) is 24.9 Å². The predicted octanol–water partition coefficient (Wildman–Crippen LogP) is 2.82. The van der Waals surface area contributed by atoms with Crippen LogP contribution in [0.1, 0.15) is 65.6 Å². The Kier molecular flexibility index (Phi) is 5.10. The minimum absolute atomic E-state index is 0.0960. The molecule has 0 radical (unpaired) electrons. The zero-order valence-electron chi connectivity index (χ0n) is 13.0. The van der Waals surface area contributed by atoms with Gasteiger partial charge in [-0.3, -0.25) is 0 Å². The molecule has 0 aromatic carbocycles. The van der Waals surface area contributed by atoms with Crippen molar-refractivity contribution in [1.29, 1.82) is 0 Å². The van der Waals surface area contributed by atoms with E-state index in [9.17, 15) is 0 Å². The van der Waals surface area contributed by atoms with E-state index in [1.165, 1.54) is 0 Å². The van der Waals surface area contributed by atoms with E-state index in [4.69, 9.17) is 15.0 Å². The Balaban J connectivity index is 2.88. The minimum Gasteiger partial charge on any atom is -0.368 e. The Morgan fingerprint density at radius 2 is 1.89 bits per heavy atom. The van der Waals surface area contributed by atoms with Crippen molar-refractivity contribution in [3.05, 3.63) is 11.7 Å². The Morgan fingerprint density at radius 1 is 1.26 bits per heavy atom. The van der Waals surface area contributed by atoms with Gasteiger partial charge in [0.2, 0.25) is 11.7 Å². The highest BCUT2D eigenvalue weighted by atomic mass is 16.5. The van der Waals surface area contributed by atoms with Gasteiger partial charge in [0, 0.05) is 13.2 Å². The summed E-state index contributed by atoms with van der Waals surface area (Å²) in [6.07, 6.45) is 0.917. The zero-order chi connectivity index (χ0) is 14.7. The number of nitrogens with two attached hydrogens (primary N) is 1. The van der Waals surface area contributed by atoms with E-state index < -0.39 is 5.60 Å². The fourth-order valence-electron chi connectivity index (χ4n) is 2.08. The lowest BCUT2D eigenvalue weighted by Gasteiger charge is -2.22. The van der Waals surface area contributed by atoms with Crippen LogP contribution in [0.4, 0.5) is 0 Å². The summed E-state index contributed by atoms with van der Waals surface area (Å²) in [5, 5.41) is 4.04. The molecule has 0 aliphatic heterocycles. The lowest BCUT2D eigenvalue weighted by atomic mass is 9.84. The van der Waals surface area contributed by atoms with Crippen molar-refractivity contribution < 1.29 is 9.26 Å². The molecule has 0 fully saturated rings. The third kappa shape index (κ3) is 4.58. The summed E-state index contributed by atoms with van der Waals surface area (Å²) < 4.78 is 11.0. The van der Waals surface area contributed by atoms with E-state index >= 15 is 0 Å². The third-order valence-corrected chi connectivity index (χ3v) is 2.98. The van der Waals surface area contributed by atoms with Crippen LogP contribution in [0.2, 0.25) is 0 Å². The molecule has 5 heteroatoms. The smallest absolute Gasteiger partial charge is 0.231 e. The highest BCUT2D eigenvalue weighted by Gasteiger charge is 2.30. The fraction of sp³-hybridized carbons (Fsp3) is 0.857. The van der Waals surface area contributed by atoms with Crippen molar-refractivity contribution in [3.8, 4) is 0 Å². The van der Waals surface area contributed by atoms with Gasteiger partial charge in [-0.2, -0.15) is 4.98 Å². The van der Waals surface area contributed by atoms with Crippen molar-refractivity contribution in [2.75, 3.05) is 13.2 Å². The molecule has 0 saturated heterocycles. The van der Waals surface area contributed by atoms with E-state index in [0.717, 1.165) is 6.42 Å². The molecule has 0 bridgehead atoms. The number of hydrogen-bond donors (Lipinski definition) is 1. The quantitative estimate of drug-likeness (QED) is 0.859. The Hall–Kier alpha value is -0.940.